The van der Waals surface area contributed by atoms with Gasteiger partial charge in [-0.05, 0) is 18.1 Å². The largest absolute Gasteiger partial charge is 0.398 e. The number of carbonyl (C=O) groups is 1. The van der Waals surface area contributed by atoms with Crippen LogP contribution in [0.2, 0.25) is 0 Å². The summed E-state index contributed by atoms with van der Waals surface area (Å²) in [4.78, 5) is 12.8. The second kappa shape index (κ2) is 6.45. The van der Waals surface area contributed by atoms with Gasteiger partial charge in [0.2, 0.25) is 5.91 Å². The summed E-state index contributed by atoms with van der Waals surface area (Å²) in [6.07, 6.45) is -5.32. The van der Waals surface area contributed by atoms with E-state index in [2.05, 4.69) is 0 Å². The Hall–Kier alpha value is -1.72. The van der Waals surface area contributed by atoms with Gasteiger partial charge in [0.1, 0.15) is 6.42 Å². The summed E-state index contributed by atoms with van der Waals surface area (Å²) in [5, 5.41) is 0. The molecule has 3 nitrogen and oxygen atoms in total. The molecule has 6 heteroatoms. The molecule has 0 radical (unpaired) electrons. The van der Waals surface area contributed by atoms with Gasteiger partial charge in [-0.1, -0.05) is 25.1 Å². The molecule has 0 atom stereocenters. The molecular weight excluding hydrogens is 257 g/mol. The van der Waals surface area contributed by atoms with Crippen molar-refractivity contribution in [1.82, 2.24) is 4.90 Å². The molecule has 0 aliphatic carbocycles. The molecule has 1 aromatic rings. The van der Waals surface area contributed by atoms with Crippen LogP contribution in [0.1, 0.15) is 25.3 Å². The van der Waals surface area contributed by atoms with E-state index in [0.717, 1.165) is 0 Å². The van der Waals surface area contributed by atoms with Gasteiger partial charge >= 0.3 is 6.18 Å². The van der Waals surface area contributed by atoms with Crippen LogP contribution in [0.4, 0.5) is 18.9 Å². The standard InChI is InChI=1S/C13H17F3N2O/c1-2-7-18(12(19)8-13(14,15)16)9-10-5-3-4-6-11(10)17/h3-6H,2,7-9,17H2,1H3. The zero-order chi connectivity index (χ0) is 14.5. The molecular formula is C13H17F3N2O. The van der Waals surface area contributed by atoms with Gasteiger partial charge in [0.15, 0.2) is 0 Å². The number of alkyl halides is 3. The van der Waals surface area contributed by atoms with Crippen molar-refractivity contribution < 1.29 is 18.0 Å². The number of carbonyl (C=O) groups excluding carboxylic acids is 1. The minimum Gasteiger partial charge on any atom is -0.398 e. The van der Waals surface area contributed by atoms with Crippen molar-refractivity contribution in [3.63, 3.8) is 0 Å². The summed E-state index contributed by atoms with van der Waals surface area (Å²) in [5.74, 6) is -0.919. The molecule has 0 heterocycles. The van der Waals surface area contributed by atoms with Crippen LogP contribution in [-0.2, 0) is 11.3 Å². The van der Waals surface area contributed by atoms with Crippen LogP contribution >= 0.6 is 0 Å². The van der Waals surface area contributed by atoms with Crippen molar-refractivity contribution in [3.05, 3.63) is 29.8 Å². The first kappa shape index (κ1) is 15.3. The molecule has 1 rings (SSSR count). The number of para-hydroxylation sites is 1. The second-order valence-electron chi connectivity index (χ2n) is 4.31. The third-order valence-electron chi connectivity index (χ3n) is 2.61. The average molecular weight is 274 g/mol. The SMILES string of the molecule is CCCN(Cc1ccccc1N)C(=O)CC(F)(F)F. The number of hydrogen-bond donors (Lipinski definition) is 1. The lowest BCUT2D eigenvalue weighted by Crippen LogP contribution is -2.34. The Labute approximate surface area is 110 Å². The lowest BCUT2D eigenvalue weighted by atomic mass is 10.1. The summed E-state index contributed by atoms with van der Waals surface area (Å²) in [7, 11) is 0. The Kier molecular flexibility index (Phi) is 5.20. The highest BCUT2D eigenvalue weighted by molar-refractivity contribution is 5.77. The molecule has 0 unspecified atom stereocenters. The fraction of sp³-hybridized carbons (Fsp3) is 0.462. The molecule has 19 heavy (non-hydrogen) atoms. The number of halogens is 3. The molecule has 1 amide bonds. The Morgan fingerprint density at radius 2 is 1.95 bits per heavy atom. The summed E-state index contributed by atoms with van der Waals surface area (Å²) in [6, 6.07) is 6.84. The third kappa shape index (κ3) is 5.19. The van der Waals surface area contributed by atoms with E-state index >= 15 is 0 Å². The van der Waals surface area contributed by atoms with Crippen molar-refractivity contribution in [2.75, 3.05) is 12.3 Å². The van der Waals surface area contributed by atoms with E-state index in [1.54, 1.807) is 24.3 Å². The van der Waals surface area contributed by atoms with E-state index in [-0.39, 0.29) is 13.1 Å². The number of hydrogen-bond acceptors (Lipinski definition) is 2. The highest BCUT2D eigenvalue weighted by atomic mass is 19.4. The number of nitrogen functional groups attached to an aromatic ring is 1. The summed E-state index contributed by atoms with van der Waals surface area (Å²) >= 11 is 0. The van der Waals surface area contributed by atoms with Gasteiger partial charge in [-0.3, -0.25) is 4.79 Å². The van der Waals surface area contributed by atoms with E-state index < -0.39 is 18.5 Å². The maximum atomic E-state index is 12.3. The van der Waals surface area contributed by atoms with E-state index in [9.17, 15) is 18.0 Å². The summed E-state index contributed by atoms with van der Waals surface area (Å²) in [6.45, 7) is 2.20. The van der Waals surface area contributed by atoms with Gasteiger partial charge < -0.3 is 10.6 Å². The van der Waals surface area contributed by atoms with E-state index in [1.165, 1.54) is 4.90 Å². The van der Waals surface area contributed by atoms with E-state index in [4.69, 9.17) is 5.73 Å². The number of anilines is 1. The molecule has 0 spiro atoms. The van der Waals surface area contributed by atoms with Crippen LogP contribution in [-0.4, -0.2) is 23.5 Å². The Morgan fingerprint density at radius 3 is 2.47 bits per heavy atom. The van der Waals surface area contributed by atoms with Crippen molar-refractivity contribution in [2.45, 2.75) is 32.5 Å². The minimum atomic E-state index is -4.48. The Morgan fingerprint density at radius 1 is 1.32 bits per heavy atom. The number of rotatable bonds is 5. The highest BCUT2D eigenvalue weighted by Crippen LogP contribution is 2.22. The number of nitrogens with zero attached hydrogens (tertiary/aromatic N) is 1. The zero-order valence-electron chi connectivity index (χ0n) is 10.7. The summed E-state index contributed by atoms with van der Waals surface area (Å²) < 4.78 is 36.8. The first-order valence-corrected chi connectivity index (χ1v) is 6.01. The quantitative estimate of drug-likeness (QED) is 0.839. The van der Waals surface area contributed by atoms with Crippen molar-refractivity contribution in [2.24, 2.45) is 0 Å². The van der Waals surface area contributed by atoms with Crippen LogP contribution in [0.15, 0.2) is 24.3 Å². The molecule has 0 fully saturated rings. The maximum absolute atomic E-state index is 12.3. The fourth-order valence-electron chi connectivity index (χ4n) is 1.73. The monoisotopic (exact) mass is 274 g/mol. The second-order valence-corrected chi connectivity index (χ2v) is 4.31. The van der Waals surface area contributed by atoms with Crippen LogP contribution < -0.4 is 5.73 Å². The normalized spacial score (nSPS) is 11.4. The van der Waals surface area contributed by atoms with Gasteiger partial charge in [-0.15, -0.1) is 0 Å². The topological polar surface area (TPSA) is 46.3 Å². The number of nitrogens with two attached hydrogens (primary N) is 1. The molecule has 0 saturated heterocycles. The van der Waals surface area contributed by atoms with Gasteiger partial charge in [0.05, 0.1) is 0 Å². The summed E-state index contributed by atoms with van der Waals surface area (Å²) in [5.41, 5.74) is 6.87. The van der Waals surface area contributed by atoms with Gasteiger partial charge in [0.25, 0.3) is 0 Å². The molecule has 0 saturated carbocycles. The molecule has 0 bridgehead atoms. The molecule has 1 aromatic carbocycles. The van der Waals surface area contributed by atoms with Crippen molar-refractivity contribution in [1.29, 1.82) is 0 Å². The maximum Gasteiger partial charge on any atom is 0.397 e. The lowest BCUT2D eigenvalue weighted by molar-refractivity contribution is -0.161. The predicted molar refractivity (Wildman–Crippen MR) is 67.2 cm³/mol. The van der Waals surface area contributed by atoms with Crippen molar-refractivity contribution in [3.8, 4) is 0 Å². The molecule has 2 N–H and O–H groups in total. The molecule has 0 aliphatic heterocycles. The van der Waals surface area contributed by atoms with E-state index in [0.29, 0.717) is 17.7 Å². The van der Waals surface area contributed by atoms with Crippen LogP contribution in [0.25, 0.3) is 0 Å². The van der Waals surface area contributed by atoms with Crippen molar-refractivity contribution >= 4 is 11.6 Å². The van der Waals surface area contributed by atoms with Crippen LogP contribution in [0.5, 0.6) is 0 Å². The smallest absolute Gasteiger partial charge is 0.397 e. The zero-order valence-corrected chi connectivity index (χ0v) is 10.7. The lowest BCUT2D eigenvalue weighted by Gasteiger charge is -2.23. The number of amides is 1. The molecule has 106 valence electrons. The Bertz CT molecular complexity index is 432. The molecule has 0 aromatic heterocycles. The highest BCUT2D eigenvalue weighted by Gasteiger charge is 2.33. The van der Waals surface area contributed by atoms with E-state index in [1.807, 2.05) is 6.92 Å². The minimum absolute atomic E-state index is 0.107. The third-order valence-corrected chi connectivity index (χ3v) is 2.61. The fourth-order valence-corrected chi connectivity index (χ4v) is 1.73. The van der Waals surface area contributed by atoms with Gasteiger partial charge in [0, 0.05) is 18.8 Å². The van der Waals surface area contributed by atoms with Gasteiger partial charge in [-0.25, -0.2) is 0 Å². The first-order valence-electron chi connectivity index (χ1n) is 6.01. The average Bonchev–Trinajstić information content (AvgIpc) is 2.29. The van der Waals surface area contributed by atoms with Crippen LogP contribution in [0.3, 0.4) is 0 Å². The Balaban J connectivity index is 2.78. The first-order chi connectivity index (χ1) is 8.83. The number of benzene rings is 1. The van der Waals surface area contributed by atoms with Crippen LogP contribution in [0, 0.1) is 0 Å². The predicted octanol–water partition coefficient (Wildman–Crippen LogP) is 2.96. The van der Waals surface area contributed by atoms with Gasteiger partial charge in [-0.2, -0.15) is 13.2 Å². The molecule has 0 aliphatic rings.